The number of thioether (sulfide) groups is 1. The lowest BCUT2D eigenvalue weighted by atomic mass is 10.1. The third-order valence-electron chi connectivity index (χ3n) is 2.55. The summed E-state index contributed by atoms with van der Waals surface area (Å²) in [6.45, 7) is 6.99. The minimum absolute atomic E-state index is 0.178. The maximum atomic E-state index is 11.8. The molecule has 1 fully saturated rings. The summed E-state index contributed by atoms with van der Waals surface area (Å²) >= 11 is 1.15. The van der Waals surface area contributed by atoms with Gasteiger partial charge in [-0.15, -0.1) is 11.8 Å². The summed E-state index contributed by atoms with van der Waals surface area (Å²) in [7, 11) is 0. The third kappa shape index (κ3) is 5.34. The molecule has 1 rings (SSSR count). The second kappa shape index (κ2) is 7.64. The number of carbonyl (C=O) groups excluding carboxylic acids is 3. The summed E-state index contributed by atoms with van der Waals surface area (Å²) in [6.07, 6.45) is -0.235. The molecule has 7 nitrogen and oxygen atoms in total. The molecule has 0 aromatic heterocycles. The summed E-state index contributed by atoms with van der Waals surface area (Å²) in [5.74, 6) is -1.71. The molecule has 1 aliphatic rings. The second-order valence-corrected chi connectivity index (χ2v) is 6.65. The molecule has 0 aromatic rings. The smallest absolute Gasteiger partial charge is 0.357 e. The molecular formula is C14H21NO6S. The number of hydrogen-bond acceptors (Lipinski definition) is 7. The number of nitrogens with zero attached hydrogens (tertiary/aromatic N) is 1. The van der Waals surface area contributed by atoms with Crippen molar-refractivity contribution in [2.75, 3.05) is 6.61 Å². The number of β-lactam (4-membered cyclic amide) rings is 1. The first kappa shape index (κ1) is 18.5. The minimum atomic E-state index is -1.64. The van der Waals surface area contributed by atoms with Crippen molar-refractivity contribution in [3.8, 4) is 0 Å². The van der Waals surface area contributed by atoms with Crippen LogP contribution in [-0.4, -0.2) is 51.7 Å². The highest BCUT2D eigenvalue weighted by atomic mass is 32.2. The average molecular weight is 331 g/mol. The number of hydrogen-bond donors (Lipinski definition) is 1. The largest absolute Gasteiger partial charge is 0.463 e. The topological polar surface area (TPSA) is 93.1 Å². The number of carbonyl (C=O) groups is 3. The van der Waals surface area contributed by atoms with Crippen molar-refractivity contribution in [3.05, 3.63) is 11.5 Å². The number of esters is 2. The fourth-order valence-electron chi connectivity index (χ4n) is 1.65. The first-order valence-corrected chi connectivity index (χ1v) is 7.81. The van der Waals surface area contributed by atoms with E-state index >= 15 is 0 Å². The molecular weight excluding hydrogens is 310 g/mol. The monoisotopic (exact) mass is 331 g/mol. The molecule has 124 valence electrons. The van der Waals surface area contributed by atoms with Crippen molar-refractivity contribution >= 4 is 29.6 Å². The van der Waals surface area contributed by atoms with E-state index in [1.54, 1.807) is 27.7 Å². The lowest BCUT2D eigenvalue weighted by Crippen LogP contribution is -2.59. The molecule has 22 heavy (non-hydrogen) atoms. The zero-order valence-electron chi connectivity index (χ0n) is 13.1. The highest BCUT2D eigenvalue weighted by molar-refractivity contribution is 8.02. The van der Waals surface area contributed by atoms with Gasteiger partial charge in [0.25, 0.3) is 0 Å². The maximum absolute atomic E-state index is 11.8. The van der Waals surface area contributed by atoms with Crippen LogP contribution in [0, 0.1) is 0 Å². The van der Waals surface area contributed by atoms with Crippen LogP contribution < -0.4 is 0 Å². The minimum Gasteiger partial charge on any atom is -0.463 e. The van der Waals surface area contributed by atoms with Gasteiger partial charge in [0.15, 0.2) is 0 Å². The Balaban J connectivity index is 2.56. The van der Waals surface area contributed by atoms with Crippen molar-refractivity contribution in [2.45, 2.75) is 51.3 Å². The van der Waals surface area contributed by atoms with Crippen molar-refractivity contribution in [3.63, 3.8) is 0 Å². The highest BCUT2D eigenvalue weighted by Gasteiger charge is 2.44. The maximum Gasteiger partial charge on any atom is 0.357 e. The van der Waals surface area contributed by atoms with Gasteiger partial charge in [-0.25, -0.2) is 9.59 Å². The van der Waals surface area contributed by atoms with E-state index in [-0.39, 0.29) is 18.9 Å². The van der Waals surface area contributed by atoms with E-state index in [1.807, 2.05) is 0 Å². The molecule has 0 bridgehead atoms. The second-order valence-electron chi connectivity index (χ2n) is 5.56. The number of ether oxygens (including phenoxy) is 2. The van der Waals surface area contributed by atoms with Crippen LogP contribution in [0.2, 0.25) is 0 Å². The predicted molar refractivity (Wildman–Crippen MR) is 80.5 cm³/mol. The van der Waals surface area contributed by atoms with Crippen molar-refractivity contribution in [1.29, 1.82) is 0 Å². The molecule has 0 radical (unpaired) electrons. The number of likely N-dealkylation sites (tertiary alicyclic amines) is 1. The number of aliphatic hydroxyl groups excluding tert-OH is 1. The SMILES string of the molecule is CCOC(=O)C=CSC1CC(=O)N1C(O)C(=O)OC(C)(C)C. The van der Waals surface area contributed by atoms with Gasteiger partial charge in [0.1, 0.15) is 5.60 Å². The molecule has 0 saturated carbocycles. The Morgan fingerprint density at radius 3 is 2.64 bits per heavy atom. The fourth-order valence-corrected chi connectivity index (χ4v) is 2.63. The fraction of sp³-hybridized carbons (Fsp3) is 0.643. The van der Waals surface area contributed by atoms with Gasteiger partial charge in [-0.3, -0.25) is 9.69 Å². The molecule has 0 spiro atoms. The lowest BCUT2D eigenvalue weighted by Gasteiger charge is -2.41. The Morgan fingerprint density at radius 1 is 1.50 bits per heavy atom. The van der Waals surface area contributed by atoms with Crippen LogP contribution in [0.15, 0.2) is 11.5 Å². The van der Waals surface area contributed by atoms with Gasteiger partial charge in [-0.2, -0.15) is 0 Å². The Labute approximate surface area is 133 Å². The molecule has 2 atom stereocenters. The summed E-state index contributed by atoms with van der Waals surface area (Å²) in [6, 6.07) is 0. The van der Waals surface area contributed by atoms with Gasteiger partial charge >= 0.3 is 11.9 Å². The number of aliphatic hydroxyl groups is 1. The van der Waals surface area contributed by atoms with Gasteiger partial charge in [-0.1, -0.05) is 0 Å². The van der Waals surface area contributed by atoms with E-state index in [1.165, 1.54) is 11.5 Å². The Bertz CT molecular complexity index is 470. The van der Waals surface area contributed by atoms with Crippen molar-refractivity contribution in [2.24, 2.45) is 0 Å². The molecule has 8 heteroatoms. The summed E-state index contributed by atoms with van der Waals surface area (Å²) < 4.78 is 9.76. The van der Waals surface area contributed by atoms with E-state index in [2.05, 4.69) is 0 Å². The highest BCUT2D eigenvalue weighted by Crippen LogP contribution is 2.32. The van der Waals surface area contributed by atoms with Crippen LogP contribution in [0.5, 0.6) is 0 Å². The number of amides is 1. The Morgan fingerprint density at radius 2 is 2.14 bits per heavy atom. The summed E-state index contributed by atoms with van der Waals surface area (Å²) in [5, 5.41) is 11.0. The standard InChI is InChI=1S/C14H21NO6S/c1-5-20-11(17)6-7-22-10-8-9(16)15(10)12(18)13(19)21-14(2,3)4/h6-7,10,12,18H,5,8H2,1-4H3. The first-order chi connectivity index (χ1) is 10.2. The molecule has 1 N–H and O–H groups in total. The molecule has 1 amide bonds. The molecule has 1 heterocycles. The third-order valence-corrected chi connectivity index (χ3v) is 3.56. The van der Waals surface area contributed by atoms with Gasteiger partial charge in [-0.05, 0) is 33.1 Å². The molecule has 0 aliphatic carbocycles. The quantitative estimate of drug-likeness (QED) is 0.441. The normalized spacial score (nSPS) is 19.8. The molecule has 1 aliphatic heterocycles. The predicted octanol–water partition coefficient (Wildman–Crippen LogP) is 1.01. The van der Waals surface area contributed by atoms with E-state index in [9.17, 15) is 19.5 Å². The summed E-state index contributed by atoms with van der Waals surface area (Å²) in [4.78, 5) is 35.5. The average Bonchev–Trinajstić information content (AvgIpc) is 2.35. The van der Waals surface area contributed by atoms with E-state index in [0.29, 0.717) is 0 Å². The van der Waals surface area contributed by atoms with Crippen LogP contribution >= 0.6 is 11.8 Å². The van der Waals surface area contributed by atoms with Crippen LogP contribution in [0.4, 0.5) is 0 Å². The van der Waals surface area contributed by atoms with Crippen LogP contribution in [-0.2, 0) is 23.9 Å². The van der Waals surface area contributed by atoms with E-state index in [4.69, 9.17) is 9.47 Å². The van der Waals surface area contributed by atoms with Gasteiger partial charge in [0, 0.05) is 6.08 Å². The van der Waals surface area contributed by atoms with Crippen molar-refractivity contribution in [1.82, 2.24) is 4.90 Å². The zero-order valence-corrected chi connectivity index (χ0v) is 13.9. The van der Waals surface area contributed by atoms with Gasteiger partial charge in [0.2, 0.25) is 12.1 Å². The summed E-state index contributed by atoms with van der Waals surface area (Å²) in [5.41, 5.74) is -0.752. The van der Waals surface area contributed by atoms with Crippen LogP contribution in [0.3, 0.4) is 0 Å². The van der Waals surface area contributed by atoms with Crippen molar-refractivity contribution < 1.29 is 29.0 Å². The zero-order chi connectivity index (χ0) is 16.9. The van der Waals surface area contributed by atoms with E-state index in [0.717, 1.165) is 16.7 Å². The molecule has 2 unspecified atom stereocenters. The number of rotatable bonds is 6. The van der Waals surface area contributed by atoms with Gasteiger partial charge in [0.05, 0.1) is 18.4 Å². The van der Waals surface area contributed by atoms with Gasteiger partial charge < -0.3 is 14.6 Å². The Hall–Kier alpha value is -1.54. The van der Waals surface area contributed by atoms with E-state index < -0.39 is 29.1 Å². The lowest BCUT2D eigenvalue weighted by molar-refractivity contribution is -0.186. The van der Waals surface area contributed by atoms with Crippen LogP contribution in [0.1, 0.15) is 34.1 Å². The molecule has 0 aromatic carbocycles. The molecule has 1 saturated heterocycles. The van der Waals surface area contributed by atoms with Crippen LogP contribution in [0.25, 0.3) is 0 Å². The Kier molecular flexibility index (Phi) is 6.43. The first-order valence-electron chi connectivity index (χ1n) is 6.86.